The minimum absolute atomic E-state index is 0.117. The van der Waals surface area contributed by atoms with Crippen molar-refractivity contribution in [1.29, 1.82) is 0 Å². The first-order valence-corrected chi connectivity index (χ1v) is 31.8. The highest BCUT2D eigenvalue weighted by atomic mass is 16.8. The molecule has 0 bridgehead atoms. The molecule has 0 aromatic carbocycles. The van der Waals surface area contributed by atoms with Crippen molar-refractivity contribution in [2.45, 2.75) is 286 Å². The second-order valence-corrected chi connectivity index (χ2v) is 29.7. The molecule has 5 aliphatic heterocycles. The molecule has 0 aromatic rings. The summed E-state index contributed by atoms with van der Waals surface area (Å²) in [7, 11) is 0. The van der Waals surface area contributed by atoms with Crippen LogP contribution in [0.1, 0.15) is 133 Å². The lowest BCUT2D eigenvalue weighted by Gasteiger charge is -2.71. The van der Waals surface area contributed by atoms with Gasteiger partial charge in [-0.2, -0.15) is 0 Å². The molecule has 0 aromatic heterocycles. The average Bonchev–Trinajstić information content (AvgIpc) is 0.712. The van der Waals surface area contributed by atoms with Crippen molar-refractivity contribution >= 4 is 11.8 Å². The Morgan fingerprint density at radius 3 is 1.85 bits per heavy atom. The molecule has 10 rings (SSSR count). The van der Waals surface area contributed by atoms with Crippen molar-refractivity contribution in [2.24, 2.45) is 50.2 Å². The van der Waals surface area contributed by atoms with Crippen LogP contribution < -0.4 is 0 Å². The van der Waals surface area contributed by atoms with Gasteiger partial charge in [0, 0.05) is 18.8 Å². The van der Waals surface area contributed by atoms with Crippen molar-refractivity contribution in [3.05, 3.63) is 11.6 Å². The van der Waals surface area contributed by atoms with Gasteiger partial charge in [0.1, 0.15) is 122 Å². The van der Waals surface area contributed by atoms with Crippen LogP contribution in [0.25, 0.3) is 0 Å². The molecule has 9 fully saturated rings. The third kappa shape index (κ3) is 11.9. The molecule has 10 aliphatic rings. The summed E-state index contributed by atoms with van der Waals surface area (Å²) >= 11 is 0. The van der Waals surface area contributed by atoms with E-state index in [1.54, 1.807) is 0 Å². The molecule has 26 heteroatoms. The van der Waals surface area contributed by atoms with Gasteiger partial charge in [-0.1, -0.05) is 60.1 Å². The van der Waals surface area contributed by atoms with Crippen molar-refractivity contribution in [3.63, 3.8) is 0 Å². The zero-order valence-electron chi connectivity index (χ0n) is 52.0. The summed E-state index contributed by atoms with van der Waals surface area (Å²) in [5.74, 6) is -0.618. The number of Topliss-reactive ketones (excluding diaryl/α,β-unsaturated/α-hetero) is 1. The SMILES string of the molecule is CC(=O)OC[C@@H]1O[C@H](OC[C@@H]2O[C@H](CC(=O)[C@@]34CCC(C)(C)C[C@@H]3C3=CC[C@H]5[C@]6(C)CC[C@@H](O[C@H]7OC[C@@H](O)[C@@H](O)[C@@H]7O[C@H]7O[C@@H](CO)[C@H](O)[C@@H](O)[C@@H]7O)C(C)(C)[C@H]6CC[C@]5(C)[C@@]3(C)CC4)[C@@H](O)[C@H](O)[C@H]2O)[C@@H](O)[C@H](O)[C@H]1O[C@H]1O[C@H](C)[C@@H](O)[C@H](O)[C@@H]1O. The Bertz CT molecular complexity index is 2480. The maximum absolute atomic E-state index is 15.5. The van der Waals surface area contributed by atoms with Crippen LogP contribution in [0.3, 0.4) is 0 Å². The number of carbonyl (C=O) groups excluding carboxylic acids is 2. The van der Waals surface area contributed by atoms with Gasteiger partial charge in [0.05, 0.1) is 38.1 Å². The summed E-state index contributed by atoms with van der Waals surface area (Å²) in [6, 6.07) is 0. The number of fused-ring (bicyclic) bond motifs is 7. The van der Waals surface area contributed by atoms with Crippen LogP contribution in [0.2, 0.25) is 0 Å². The molecule has 0 unspecified atom stereocenters. The minimum Gasteiger partial charge on any atom is -0.463 e. The summed E-state index contributed by atoms with van der Waals surface area (Å²) in [4.78, 5) is 27.5. The molecule has 0 radical (unpaired) electrons. The van der Waals surface area contributed by atoms with Crippen LogP contribution >= 0.6 is 0 Å². The maximum atomic E-state index is 15.5. The second kappa shape index (κ2) is 25.6. The van der Waals surface area contributed by atoms with Crippen LogP contribution in [-0.4, -0.2) is 263 Å². The summed E-state index contributed by atoms with van der Waals surface area (Å²) in [5.41, 5.74) is -0.826. The third-order valence-corrected chi connectivity index (χ3v) is 23.8. The quantitative estimate of drug-likeness (QED) is 0.0503. The van der Waals surface area contributed by atoms with Gasteiger partial charge < -0.3 is 119 Å². The molecule has 14 N–H and O–H groups in total. The predicted octanol–water partition coefficient (Wildman–Crippen LogP) is -1.52. The fourth-order valence-corrected chi connectivity index (χ4v) is 18.2. The molecule has 32 atom stereocenters. The number of hydrogen-bond donors (Lipinski definition) is 14. The first kappa shape index (κ1) is 68.8. The van der Waals surface area contributed by atoms with E-state index in [2.05, 4.69) is 54.5 Å². The maximum Gasteiger partial charge on any atom is 0.302 e. The third-order valence-electron chi connectivity index (χ3n) is 23.8. The van der Waals surface area contributed by atoms with Gasteiger partial charge in [-0.05, 0) is 116 Å². The fourth-order valence-electron chi connectivity index (χ4n) is 18.2. The zero-order valence-corrected chi connectivity index (χ0v) is 52.0. The molecule has 26 nitrogen and oxygen atoms in total. The summed E-state index contributed by atoms with van der Waals surface area (Å²) in [5, 5.41) is 152. The lowest BCUT2D eigenvalue weighted by atomic mass is 9.33. The first-order valence-electron chi connectivity index (χ1n) is 31.8. The smallest absolute Gasteiger partial charge is 0.302 e. The zero-order chi connectivity index (χ0) is 64.3. The summed E-state index contributed by atoms with van der Waals surface area (Å²) < 4.78 is 59.2. The Morgan fingerprint density at radius 1 is 0.568 bits per heavy atom. The standard InChI is InChI=1S/C62H100O26/c1-26-39(67)44(72)48(76)54(82-26)87-51-34(25-79-27(2)64)85-53(50(78)47(51)75)81-24-33-43(71)45(73)41(69)31(83-33)20-37(66)62-18-16-57(3,4)21-29(62)28-10-11-36-59(7)14-13-38(58(5,6)35(59)12-15-61(36,9)60(28,8)17-19-62)86-56-52(40(68)30(65)23-80-56)88-55-49(77)46(74)42(70)32(22-63)84-55/h10,26,29-36,38-56,63,65,67-78H,11-25H2,1-9H3/t26-,29-,30-,31-,32+,33+,34+,35-,36+,38-,39-,40-,41-,42+,43+,44+,45+,46-,47+,48+,49+,50+,51+,52+,53+,54-,55-,56-,59-,60+,61+,62-/m1/s1. The van der Waals surface area contributed by atoms with Crippen LogP contribution in [-0.2, 0) is 57.0 Å². The number of carbonyl (C=O) groups is 2. The Labute approximate surface area is 513 Å². The number of esters is 1. The van der Waals surface area contributed by atoms with Gasteiger partial charge in [0.25, 0.3) is 0 Å². The molecule has 5 heterocycles. The van der Waals surface area contributed by atoms with E-state index >= 15 is 4.79 Å². The molecule has 4 saturated carbocycles. The lowest BCUT2D eigenvalue weighted by Crippen LogP contribution is -2.66. The van der Waals surface area contributed by atoms with E-state index in [0.29, 0.717) is 19.3 Å². The van der Waals surface area contributed by atoms with Crippen molar-refractivity contribution < 1.29 is 128 Å². The van der Waals surface area contributed by atoms with Gasteiger partial charge in [-0.25, -0.2) is 0 Å². The highest BCUT2D eigenvalue weighted by Crippen LogP contribution is 2.76. The second-order valence-electron chi connectivity index (χ2n) is 29.7. The Hall–Kier alpha value is -2.04. The summed E-state index contributed by atoms with van der Waals surface area (Å²) in [6.07, 6.45) is -28.4. The average molecular weight is 1260 g/mol. The number of rotatable bonds is 15. The van der Waals surface area contributed by atoms with Crippen molar-refractivity contribution in [3.8, 4) is 0 Å². The van der Waals surface area contributed by atoms with E-state index in [-0.39, 0.29) is 58.2 Å². The van der Waals surface area contributed by atoms with Gasteiger partial charge >= 0.3 is 5.97 Å². The highest BCUT2D eigenvalue weighted by molar-refractivity contribution is 5.87. The van der Waals surface area contributed by atoms with E-state index in [1.807, 2.05) is 0 Å². The number of hydrogen-bond acceptors (Lipinski definition) is 26. The first-order chi connectivity index (χ1) is 41.2. The number of allylic oxidation sites excluding steroid dienone is 2. The van der Waals surface area contributed by atoms with E-state index in [1.165, 1.54) is 12.5 Å². The van der Waals surface area contributed by atoms with Crippen LogP contribution in [0, 0.1) is 50.2 Å². The Morgan fingerprint density at radius 2 is 1.17 bits per heavy atom. The monoisotopic (exact) mass is 1260 g/mol. The largest absolute Gasteiger partial charge is 0.463 e. The number of ether oxygens (including phenoxy) is 10. The van der Waals surface area contributed by atoms with Crippen LogP contribution in [0.4, 0.5) is 0 Å². The molecule has 504 valence electrons. The molecule has 5 aliphatic carbocycles. The van der Waals surface area contributed by atoms with Gasteiger partial charge in [-0.3, -0.25) is 9.59 Å². The van der Waals surface area contributed by atoms with Gasteiger partial charge in [0.15, 0.2) is 25.2 Å². The predicted molar refractivity (Wildman–Crippen MR) is 301 cm³/mol. The molecule has 88 heavy (non-hydrogen) atoms. The fraction of sp³-hybridized carbons (Fsp3) is 0.935. The van der Waals surface area contributed by atoms with E-state index < -0.39 is 190 Å². The van der Waals surface area contributed by atoms with Gasteiger partial charge in [-0.15, -0.1) is 0 Å². The molecular formula is C62H100O26. The normalized spacial score (nSPS) is 52.6. The van der Waals surface area contributed by atoms with E-state index in [0.717, 1.165) is 51.9 Å². The molecular weight excluding hydrogens is 1160 g/mol. The van der Waals surface area contributed by atoms with Crippen molar-refractivity contribution in [2.75, 3.05) is 26.4 Å². The van der Waals surface area contributed by atoms with E-state index in [4.69, 9.17) is 47.4 Å². The topological polar surface area (TPSA) is 410 Å². The minimum atomic E-state index is -1.89. The van der Waals surface area contributed by atoms with Crippen molar-refractivity contribution in [1.82, 2.24) is 0 Å². The van der Waals surface area contributed by atoms with Gasteiger partial charge in [0.2, 0.25) is 0 Å². The van der Waals surface area contributed by atoms with Crippen LogP contribution in [0.15, 0.2) is 11.6 Å². The van der Waals surface area contributed by atoms with E-state index in [9.17, 15) is 76.3 Å². The molecule has 5 saturated heterocycles. The molecule has 0 amide bonds. The molecule has 0 spiro atoms. The lowest BCUT2D eigenvalue weighted by molar-refractivity contribution is -0.367. The summed E-state index contributed by atoms with van der Waals surface area (Å²) in [6.45, 7) is 16.6. The number of ketones is 1. The number of aliphatic hydroxyl groups is 14. The Kier molecular flexibility index (Phi) is 20.0. The van der Waals surface area contributed by atoms with Crippen LogP contribution in [0.5, 0.6) is 0 Å². The highest BCUT2D eigenvalue weighted by Gasteiger charge is 2.70. The number of aliphatic hydroxyl groups excluding tert-OH is 14. The Balaban J connectivity index is 0.830.